The number of hydrogen-bond acceptors (Lipinski definition) is 1. The van der Waals surface area contributed by atoms with Gasteiger partial charge in [-0.2, -0.15) is 0 Å². The van der Waals surface area contributed by atoms with Crippen molar-refractivity contribution in [2.75, 3.05) is 0 Å². The number of nitrogens with zero attached hydrogens (tertiary/aromatic N) is 2. The Morgan fingerprint density at radius 2 is 1.23 bits per heavy atom. The Hall–Kier alpha value is -4.95. The van der Waals surface area contributed by atoms with Crippen molar-refractivity contribution in [2.24, 2.45) is 0 Å². The standard InChI is InChI=1S/C38H30N2/c1-5-27-28(6-2)34-23-33(30-14-8-10-16-32(30)37(34)31-15-9-7-13-29(27)31)25-19-21-26(22-20-25)40-36-18-12-11-17-35(36)39-38(40)24(3)4/h5-24H,1-2H2,3-4H3. The summed E-state index contributed by atoms with van der Waals surface area (Å²) in [7, 11) is 0. The molecule has 0 aliphatic carbocycles. The van der Waals surface area contributed by atoms with Gasteiger partial charge in [-0.1, -0.05) is 112 Å². The Balaban J connectivity index is 1.50. The summed E-state index contributed by atoms with van der Waals surface area (Å²) in [4.78, 5) is 4.95. The van der Waals surface area contributed by atoms with Crippen LogP contribution in [-0.4, -0.2) is 9.55 Å². The Kier molecular flexibility index (Phi) is 5.64. The summed E-state index contributed by atoms with van der Waals surface area (Å²) in [6.45, 7) is 12.8. The van der Waals surface area contributed by atoms with Crippen LogP contribution < -0.4 is 0 Å². The molecule has 0 unspecified atom stereocenters. The molecule has 1 aromatic heterocycles. The first kappa shape index (κ1) is 24.1. The van der Waals surface area contributed by atoms with E-state index in [2.05, 4.69) is 135 Å². The van der Waals surface area contributed by atoms with Gasteiger partial charge in [0.2, 0.25) is 0 Å². The topological polar surface area (TPSA) is 17.8 Å². The zero-order chi connectivity index (χ0) is 27.4. The Bertz CT molecular complexity index is 2110. The molecular formula is C38H30N2. The third-order valence-electron chi connectivity index (χ3n) is 8.06. The molecule has 0 bridgehead atoms. The van der Waals surface area contributed by atoms with E-state index >= 15 is 0 Å². The highest BCUT2D eigenvalue weighted by molar-refractivity contribution is 6.26. The Morgan fingerprint density at radius 3 is 1.90 bits per heavy atom. The van der Waals surface area contributed by atoms with Gasteiger partial charge in [0, 0.05) is 11.6 Å². The van der Waals surface area contributed by atoms with Gasteiger partial charge in [0.25, 0.3) is 0 Å². The first-order chi connectivity index (χ1) is 19.6. The van der Waals surface area contributed by atoms with Crippen LogP contribution in [0.5, 0.6) is 0 Å². The first-order valence-electron chi connectivity index (χ1n) is 13.8. The number of aromatic nitrogens is 2. The molecule has 40 heavy (non-hydrogen) atoms. The minimum Gasteiger partial charge on any atom is -0.296 e. The second-order valence-electron chi connectivity index (χ2n) is 10.7. The van der Waals surface area contributed by atoms with Crippen LogP contribution in [0.4, 0.5) is 0 Å². The third-order valence-corrected chi connectivity index (χ3v) is 8.06. The summed E-state index contributed by atoms with van der Waals surface area (Å²) in [6, 6.07) is 37.0. The fourth-order valence-electron chi connectivity index (χ4n) is 6.28. The first-order valence-corrected chi connectivity index (χ1v) is 13.8. The average molecular weight is 515 g/mol. The number of imidazole rings is 1. The largest absolute Gasteiger partial charge is 0.296 e. The van der Waals surface area contributed by atoms with E-state index in [0.29, 0.717) is 5.92 Å². The van der Waals surface area contributed by atoms with E-state index in [1.807, 2.05) is 12.2 Å². The Labute approximate surface area is 234 Å². The summed E-state index contributed by atoms with van der Waals surface area (Å²) in [5, 5.41) is 7.39. The van der Waals surface area contributed by atoms with Gasteiger partial charge in [-0.3, -0.25) is 4.57 Å². The molecule has 7 aromatic rings. The summed E-state index contributed by atoms with van der Waals surface area (Å²) in [5.74, 6) is 1.38. The van der Waals surface area contributed by atoms with Crippen LogP contribution in [0.2, 0.25) is 0 Å². The third kappa shape index (κ3) is 3.53. The highest BCUT2D eigenvalue weighted by Gasteiger charge is 2.18. The molecule has 0 amide bonds. The van der Waals surface area contributed by atoms with Crippen molar-refractivity contribution in [3.63, 3.8) is 0 Å². The number of para-hydroxylation sites is 2. The molecule has 1 heterocycles. The molecule has 0 radical (unpaired) electrons. The quantitative estimate of drug-likeness (QED) is 0.209. The maximum absolute atomic E-state index is 4.95. The molecule has 2 nitrogen and oxygen atoms in total. The molecule has 0 spiro atoms. The highest BCUT2D eigenvalue weighted by Crippen LogP contribution is 2.42. The minimum absolute atomic E-state index is 0.308. The van der Waals surface area contributed by atoms with Crippen molar-refractivity contribution in [2.45, 2.75) is 19.8 Å². The van der Waals surface area contributed by atoms with E-state index in [1.165, 1.54) is 43.4 Å². The molecule has 6 aromatic carbocycles. The Morgan fingerprint density at radius 1 is 0.650 bits per heavy atom. The lowest BCUT2D eigenvalue weighted by atomic mass is 9.86. The summed E-state index contributed by atoms with van der Waals surface area (Å²) >= 11 is 0. The number of benzene rings is 6. The molecule has 0 atom stereocenters. The normalized spacial score (nSPS) is 11.7. The lowest BCUT2D eigenvalue weighted by Crippen LogP contribution is -2.03. The zero-order valence-corrected chi connectivity index (χ0v) is 22.9. The molecular weight excluding hydrogens is 484 g/mol. The lowest BCUT2D eigenvalue weighted by Gasteiger charge is -2.18. The number of rotatable bonds is 5. The van der Waals surface area contributed by atoms with Gasteiger partial charge in [0.15, 0.2) is 0 Å². The van der Waals surface area contributed by atoms with Crippen molar-refractivity contribution in [1.29, 1.82) is 0 Å². The fourth-order valence-corrected chi connectivity index (χ4v) is 6.28. The van der Waals surface area contributed by atoms with Gasteiger partial charge >= 0.3 is 0 Å². The van der Waals surface area contributed by atoms with Crippen molar-refractivity contribution in [3.8, 4) is 16.8 Å². The molecule has 0 N–H and O–H groups in total. The molecule has 192 valence electrons. The molecule has 0 aliphatic heterocycles. The smallest absolute Gasteiger partial charge is 0.117 e. The molecule has 0 saturated carbocycles. The maximum Gasteiger partial charge on any atom is 0.117 e. The van der Waals surface area contributed by atoms with Crippen molar-refractivity contribution in [1.82, 2.24) is 9.55 Å². The summed E-state index contributed by atoms with van der Waals surface area (Å²) in [5.41, 5.74) is 7.93. The van der Waals surface area contributed by atoms with Gasteiger partial charge in [-0.05, 0) is 84.9 Å². The highest BCUT2D eigenvalue weighted by atomic mass is 15.1. The molecule has 0 saturated heterocycles. The second kappa shape index (κ2) is 9.36. The van der Waals surface area contributed by atoms with Gasteiger partial charge in [0.1, 0.15) is 5.82 Å². The van der Waals surface area contributed by atoms with Crippen LogP contribution in [0.3, 0.4) is 0 Å². The minimum atomic E-state index is 0.308. The van der Waals surface area contributed by atoms with Gasteiger partial charge in [0.05, 0.1) is 11.0 Å². The van der Waals surface area contributed by atoms with E-state index in [4.69, 9.17) is 4.98 Å². The monoisotopic (exact) mass is 514 g/mol. The zero-order valence-electron chi connectivity index (χ0n) is 22.9. The van der Waals surface area contributed by atoms with Gasteiger partial charge < -0.3 is 0 Å². The van der Waals surface area contributed by atoms with E-state index in [-0.39, 0.29) is 0 Å². The van der Waals surface area contributed by atoms with Crippen LogP contribution in [0, 0.1) is 0 Å². The molecule has 0 fully saturated rings. The van der Waals surface area contributed by atoms with Gasteiger partial charge in [-0.25, -0.2) is 4.98 Å². The fraction of sp³-hybridized carbons (Fsp3) is 0.0789. The van der Waals surface area contributed by atoms with E-state index in [1.54, 1.807) is 0 Å². The van der Waals surface area contributed by atoms with Crippen molar-refractivity contribution >= 4 is 55.5 Å². The van der Waals surface area contributed by atoms with Crippen LogP contribution in [0.15, 0.2) is 116 Å². The van der Waals surface area contributed by atoms with E-state index in [0.717, 1.165) is 33.7 Å². The molecule has 0 aliphatic rings. The number of fused-ring (bicyclic) bond motifs is 6. The predicted octanol–water partition coefficient (Wildman–Crippen LogP) is 10.6. The molecule has 7 rings (SSSR count). The van der Waals surface area contributed by atoms with Gasteiger partial charge in [-0.15, -0.1) is 0 Å². The van der Waals surface area contributed by atoms with Crippen molar-refractivity contribution in [3.05, 3.63) is 133 Å². The van der Waals surface area contributed by atoms with Crippen LogP contribution in [-0.2, 0) is 0 Å². The SMILES string of the molecule is C=Cc1c(C=C)c2cc(-c3ccc(-n4c(C(C)C)nc5ccccc54)cc3)c3ccccc3c2c2ccccc12. The van der Waals surface area contributed by atoms with Crippen molar-refractivity contribution < 1.29 is 0 Å². The van der Waals surface area contributed by atoms with Crippen LogP contribution in [0.1, 0.15) is 36.7 Å². The average Bonchev–Trinajstić information content (AvgIpc) is 3.40. The van der Waals surface area contributed by atoms with Crippen LogP contribution >= 0.6 is 0 Å². The summed E-state index contributed by atoms with van der Waals surface area (Å²) < 4.78 is 2.29. The number of hydrogen-bond donors (Lipinski definition) is 0. The molecule has 2 heteroatoms. The lowest BCUT2D eigenvalue weighted by molar-refractivity contribution is 0.760. The summed E-state index contributed by atoms with van der Waals surface area (Å²) in [6.07, 6.45) is 3.94. The predicted molar refractivity (Wildman–Crippen MR) is 173 cm³/mol. The van der Waals surface area contributed by atoms with E-state index in [9.17, 15) is 0 Å². The second-order valence-corrected chi connectivity index (χ2v) is 10.7. The van der Waals surface area contributed by atoms with Crippen LogP contribution in [0.25, 0.3) is 72.3 Å². The van der Waals surface area contributed by atoms with E-state index < -0.39 is 0 Å². The maximum atomic E-state index is 4.95.